The molecular formula is C16H23N3. The molecule has 1 aromatic carbocycles. The van der Waals surface area contributed by atoms with Gasteiger partial charge < -0.3 is 5.73 Å². The molecule has 0 amide bonds. The van der Waals surface area contributed by atoms with Gasteiger partial charge in [0, 0.05) is 12.6 Å². The zero-order chi connectivity index (χ0) is 13.8. The van der Waals surface area contributed by atoms with Crippen molar-refractivity contribution in [2.75, 3.05) is 5.73 Å². The number of nitrogens with two attached hydrogens (primary N) is 1. The van der Waals surface area contributed by atoms with Crippen LogP contribution < -0.4 is 5.73 Å². The fourth-order valence-electron chi connectivity index (χ4n) is 2.35. The smallest absolute Gasteiger partial charge is 0.129 e. The Balaban J connectivity index is 2.34. The number of nitrogens with zero attached hydrogens (tertiary/aromatic N) is 2. The fourth-order valence-corrected chi connectivity index (χ4v) is 2.35. The summed E-state index contributed by atoms with van der Waals surface area (Å²) < 4.78 is 1.79. The van der Waals surface area contributed by atoms with Gasteiger partial charge in [-0.15, -0.1) is 0 Å². The summed E-state index contributed by atoms with van der Waals surface area (Å²) in [5.74, 6) is 0.760. The summed E-state index contributed by atoms with van der Waals surface area (Å²) in [6, 6.07) is 8.51. The molecule has 0 atom stereocenters. The second-order valence-corrected chi connectivity index (χ2v) is 5.15. The molecule has 0 saturated heterocycles. The summed E-state index contributed by atoms with van der Waals surface area (Å²) in [5.41, 5.74) is 10.8. The van der Waals surface area contributed by atoms with E-state index in [-0.39, 0.29) is 0 Å². The lowest BCUT2D eigenvalue weighted by Gasteiger charge is -2.05. The molecule has 0 bridgehead atoms. The first kappa shape index (κ1) is 13.7. The Kier molecular flexibility index (Phi) is 4.25. The number of hydrogen-bond donors (Lipinski definition) is 1. The van der Waals surface area contributed by atoms with E-state index in [1.807, 2.05) is 7.05 Å². The van der Waals surface area contributed by atoms with Crippen LogP contribution in [0.5, 0.6) is 0 Å². The van der Waals surface area contributed by atoms with Crippen LogP contribution in [0.25, 0.3) is 11.1 Å². The maximum absolute atomic E-state index is 6.18. The van der Waals surface area contributed by atoms with Gasteiger partial charge in [0.05, 0.1) is 5.69 Å². The summed E-state index contributed by atoms with van der Waals surface area (Å²) in [6.45, 7) is 4.31. The van der Waals surface area contributed by atoms with Crippen molar-refractivity contribution in [1.29, 1.82) is 0 Å². The van der Waals surface area contributed by atoms with E-state index in [1.54, 1.807) is 4.68 Å². The largest absolute Gasteiger partial charge is 0.383 e. The van der Waals surface area contributed by atoms with Gasteiger partial charge in [-0.1, -0.05) is 49.6 Å². The van der Waals surface area contributed by atoms with E-state index < -0.39 is 0 Å². The minimum absolute atomic E-state index is 0.760. The Bertz CT molecular complexity index is 538. The lowest BCUT2D eigenvalue weighted by Crippen LogP contribution is -1.98. The second kappa shape index (κ2) is 5.91. The Labute approximate surface area is 115 Å². The van der Waals surface area contributed by atoms with E-state index in [2.05, 4.69) is 43.2 Å². The molecule has 1 aromatic heterocycles. The first-order valence-electron chi connectivity index (χ1n) is 7.02. The number of nitrogen functional groups attached to an aromatic ring is 1. The van der Waals surface area contributed by atoms with Gasteiger partial charge in [-0.25, -0.2) is 0 Å². The van der Waals surface area contributed by atoms with Gasteiger partial charge in [0.2, 0.25) is 0 Å². The van der Waals surface area contributed by atoms with Crippen LogP contribution in [0.3, 0.4) is 0 Å². The molecule has 0 fully saturated rings. The number of aromatic nitrogens is 2. The molecule has 2 rings (SSSR count). The maximum atomic E-state index is 6.18. The van der Waals surface area contributed by atoms with Crippen LogP contribution in [-0.2, 0) is 13.5 Å². The number of aryl methyl sites for hydroxylation is 3. The predicted molar refractivity (Wildman–Crippen MR) is 81.0 cm³/mol. The minimum Gasteiger partial charge on any atom is -0.383 e. The maximum Gasteiger partial charge on any atom is 0.129 e. The molecule has 0 aliphatic carbocycles. The van der Waals surface area contributed by atoms with Gasteiger partial charge >= 0.3 is 0 Å². The van der Waals surface area contributed by atoms with Crippen molar-refractivity contribution in [2.45, 2.75) is 39.5 Å². The molecule has 2 aromatic rings. The van der Waals surface area contributed by atoms with E-state index in [9.17, 15) is 0 Å². The van der Waals surface area contributed by atoms with Gasteiger partial charge in [-0.3, -0.25) is 4.68 Å². The first-order chi connectivity index (χ1) is 9.13. The predicted octanol–water partition coefficient (Wildman–Crippen LogP) is 3.71. The Morgan fingerprint density at radius 2 is 1.84 bits per heavy atom. The second-order valence-electron chi connectivity index (χ2n) is 5.15. The first-order valence-corrected chi connectivity index (χ1v) is 7.02. The number of anilines is 1. The molecule has 0 aliphatic rings. The normalized spacial score (nSPS) is 10.9. The lowest BCUT2D eigenvalue weighted by atomic mass is 10.0. The molecule has 0 radical (unpaired) electrons. The van der Waals surface area contributed by atoms with Gasteiger partial charge in [0.1, 0.15) is 5.82 Å². The molecule has 3 nitrogen and oxygen atoms in total. The molecule has 0 aliphatic heterocycles. The fraction of sp³-hybridized carbons (Fsp3) is 0.438. The highest BCUT2D eigenvalue weighted by atomic mass is 15.3. The van der Waals surface area contributed by atoms with E-state index in [1.165, 1.54) is 30.4 Å². The van der Waals surface area contributed by atoms with Crippen LogP contribution in [0.4, 0.5) is 5.82 Å². The van der Waals surface area contributed by atoms with E-state index in [4.69, 9.17) is 5.73 Å². The Morgan fingerprint density at radius 1 is 1.16 bits per heavy atom. The van der Waals surface area contributed by atoms with Crippen LogP contribution in [-0.4, -0.2) is 9.78 Å². The van der Waals surface area contributed by atoms with Crippen molar-refractivity contribution in [1.82, 2.24) is 9.78 Å². The molecule has 3 heteroatoms. The highest BCUT2D eigenvalue weighted by Crippen LogP contribution is 2.30. The Morgan fingerprint density at radius 3 is 2.47 bits per heavy atom. The monoisotopic (exact) mass is 257 g/mol. The molecule has 19 heavy (non-hydrogen) atoms. The van der Waals surface area contributed by atoms with Crippen molar-refractivity contribution in [3.8, 4) is 11.1 Å². The summed E-state index contributed by atoms with van der Waals surface area (Å²) >= 11 is 0. The van der Waals surface area contributed by atoms with E-state index in [0.29, 0.717) is 0 Å². The van der Waals surface area contributed by atoms with E-state index >= 15 is 0 Å². The molecule has 2 N–H and O–H groups in total. The number of hydrogen-bond acceptors (Lipinski definition) is 2. The van der Waals surface area contributed by atoms with Crippen molar-refractivity contribution in [2.24, 2.45) is 7.05 Å². The molecular weight excluding hydrogens is 234 g/mol. The van der Waals surface area contributed by atoms with E-state index in [0.717, 1.165) is 23.5 Å². The summed E-state index contributed by atoms with van der Waals surface area (Å²) in [5, 5.41) is 4.57. The third kappa shape index (κ3) is 2.98. The lowest BCUT2D eigenvalue weighted by molar-refractivity contribution is 0.685. The SMILES string of the molecule is CCCCCc1nn(C)c(N)c1-c1ccc(C)cc1. The number of benzene rings is 1. The third-order valence-corrected chi connectivity index (χ3v) is 3.52. The molecule has 0 spiro atoms. The van der Waals surface area contributed by atoms with Crippen molar-refractivity contribution in [3.05, 3.63) is 35.5 Å². The van der Waals surface area contributed by atoms with Crippen molar-refractivity contribution < 1.29 is 0 Å². The average molecular weight is 257 g/mol. The van der Waals surface area contributed by atoms with Crippen LogP contribution in [0, 0.1) is 6.92 Å². The highest BCUT2D eigenvalue weighted by Gasteiger charge is 2.15. The van der Waals surface area contributed by atoms with Gasteiger partial charge in [-0.2, -0.15) is 5.10 Å². The minimum atomic E-state index is 0.760. The zero-order valence-corrected chi connectivity index (χ0v) is 12.1. The Hall–Kier alpha value is -1.77. The quantitative estimate of drug-likeness (QED) is 0.830. The zero-order valence-electron chi connectivity index (χ0n) is 12.1. The van der Waals surface area contributed by atoms with Crippen molar-refractivity contribution in [3.63, 3.8) is 0 Å². The topological polar surface area (TPSA) is 43.8 Å². The van der Waals surface area contributed by atoms with Crippen LogP contribution >= 0.6 is 0 Å². The molecule has 102 valence electrons. The van der Waals surface area contributed by atoms with Gasteiger partial charge in [0.25, 0.3) is 0 Å². The number of rotatable bonds is 5. The standard InChI is InChI=1S/C16H23N3/c1-4-5-6-7-14-15(16(17)19(3)18-14)13-10-8-12(2)9-11-13/h8-11H,4-7,17H2,1-3H3. The van der Waals surface area contributed by atoms with Crippen LogP contribution in [0.2, 0.25) is 0 Å². The van der Waals surface area contributed by atoms with Crippen molar-refractivity contribution >= 4 is 5.82 Å². The number of unbranched alkanes of at least 4 members (excludes halogenated alkanes) is 2. The third-order valence-electron chi connectivity index (χ3n) is 3.52. The molecule has 1 heterocycles. The highest BCUT2D eigenvalue weighted by molar-refractivity contribution is 5.76. The molecule has 0 unspecified atom stereocenters. The van der Waals surface area contributed by atoms with Crippen LogP contribution in [0.1, 0.15) is 37.4 Å². The summed E-state index contributed by atoms with van der Waals surface area (Å²) in [6.07, 6.45) is 4.64. The molecule has 0 saturated carbocycles. The van der Waals surface area contributed by atoms with Gasteiger partial charge in [-0.05, 0) is 25.3 Å². The average Bonchev–Trinajstić information content (AvgIpc) is 2.67. The summed E-state index contributed by atoms with van der Waals surface area (Å²) in [7, 11) is 1.91. The van der Waals surface area contributed by atoms with Crippen LogP contribution in [0.15, 0.2) is 24.3 Å². The van der Waals surface area contributed by atoms with Gasteiger partial charge in [0.15, 0.2) is 0 Å². The summed E-state index contributed by atoms with van der Waals surface area (Å²) in [4.78, 5) is 0.